The number of para-hydroxylation sites is 1. The van der Waals surface area contributed by atoms with Crippen LogP contribution >= 0.6 is 0 Å². The molecule has 4 rings (SSSR count). The van der Waals surface area contributed by atoms with Crippen molar-refractivity contribution in [2.45, 2.75) is 19.4 Å². The van der Waals surface area contributed by atoms with Crippen LogP contribution in [0.2, 0.25) is 0 Å². The number of nitrogens with zero attached hydrogens (tertiary/aromatic N) is 2. The number of carbonyl (C=O) groups excluding carboxylic acids is 2. The molecule has 0 bridgehead atoms. The first-order chi connectivity index (χ1) is 12.2. The summed E-state index contributed by atoms with van der Waals surface area (Å²) >= 11 is 0. The van der Waals surface area contributed by atoms with Crippen molar-refractivity contribution in [1.29, 1.82) is 0 Å². The molecule has 0 N–H and O–H groups in total. The highest BCUT2D eigenvalue weighted by Crippen LogP contribution is 2.40. The Labute approximate surface area is 146 Å². The first-order valence-electron chi connectivity index (χ1n) is 8.26. The van der Waals surface area contributed by atoms with Gasteiger partial charge in [0, 0.05) is 0 Å². The van der Waals surface area contributed by atoms with Crippen molar-refractivity contribution >= 4 is 29.4 Å². The van der Waals surface area contributed by atoms with Crippen LogP contribution in [-0.4, -0.2) is 25.1 Å². The van der Waals surface area contributed by atoms with E-state index in [9.17, 15) is 9.59 Å². The van der Waals surface area contributed by atoms with Gasteiger partial charge in [0.2, 0.25) is 0 Å². The first kappa shape index (κ1) is 15.4. The molecule has 3 amide bonds. The number of carbonyl (C=O) groups is 2. The maximum Gasteiger partial charge on any atom is 0.336 e. The number of ether oxygens (including phenoxy) is 1. The van der Waals surface area contributed by atoms with E-state index in [1.807, 2.05) is 37.3 Å². The molecule has 5 heteroatoms. The van der Waals surface area contributed by atoms with E-state index in [1.165, 1.54) is 4.90 Å². The SMILES string of the molecule is CCC1=Cc2ccccc2N2C(=O)N(c3ccc(OC)cc3)C(=O)C12. The fraction of sp³-hybridized carbons (Fsp3) is 0.200. The Morgan fingerprint density at radius 1 is 1.04 bits per heavy atom. The van der Waals surface area contributed by atoms with E-state index in [4.69, 9.17) is 4.74 Å². The third kappa shape index (κ3) is 2.23. The molecule has 1 unspecified atom stereocenters. The molecule has 2 aromatic carbocycles. The lowest BCUT2D eigenvalue weighted by Crippen LogP contribution is -2.38. The van der Waals surface area contributed by atoms with Gasteiger partial charge in [-0.2, -0.15) is 0 Å². The molecule has 0 aromatic heterocycles. The van der Waals surface area contributed by atoms with Crippen molar-refractivity contribution in [3.05, 3.63) is 59.7 Å². The predicted molar refractivity (Wildman–Crippen MR) is 96.9 cm³/mol. The number of urea groups is 1. The molecule has 2 aromatic rings. The summed E-state index contributed by atoms with van der Waals surface area (Å²) in [5.41, 5.74) is 3.25. The van der Waals surface area contributed by atoms with Gasteiger partial charge in [-0.15, -0.1) is 0 Å². The molecular formula is C20H18N2O3. The van der Waals surface area contributed by atoms with Crippen LogP contribution in [0.25, 0.3) is 6.08 Å². The number of hydrogen-bond donors (Lipinski definition) is 0. The Morgan fingerprint density at radius 3 is 2.44 bits per heavy atom. The van der Waals surface area contributed by atoms with Crippen LogP contribution in [-0.2, 0) is 4.79 Å². The van der Waals surface area contributed by atoms with Crippen molar-refractivity contribution in [2.24, 2.45) is 0 Å². The van der Waals surface area contributed by atoms with Gasteiger partial charge in [0.1, 0.15) is 11.8 Å². The summed E-state index contributed by atoms with van der Waals surface area (Å²) in [5.74, 6) is 0.470. The number of rotatable bonds is 3. The van der Waals surface area contributed by atoms with Crippen molar-refractivity contribution in [3.8, 4) is 5.75 Å². The fourth-order valence-corrected chi connectivity index (χ4v) is 3.48. The lowest BCUT2D eigenvalue weighted by Gasteiger charge is -2.29. The number of methoxy groups -OCH3 is 1. The zero-order valence-corrected chi connectivity index (χ0v) is 14.1. The molecule has 2 aliphatic heterocycles. The van der Waals surface area contributed by atoms with Crippen molar-refractivity contribution in [3.63, 3.8) is 0 Å². The van der Waals surface area contributed by atoms with Gasteiger partial charge in [-0.25, -0.2) is 9.69 Å². The number of benzene rings is 2. The minimum absolute atomic E-state index is 0.210. The molecule has 1 saturated heterocycles. The minimum Gasteiger partial charge on any atom is -0.497 e. The van der Waals surface area contributed by atoms with Crippen LogP contribution < -0.4 is 14.5 Å². The van der Waals surface area contributed by atoms with E-state index in [1.54, 1.807) is 36.3 Å². The molecule has 0 spiro atoms. The number of imide groups is 1. The average Bonchev–Trinajstić information content (AvgIpc) is 2.92. The third-order valence-corrected chi connectivity index (χ3v) is 4.74. The van der Waals surface area contributed by atoms with Crippen molar-refractivity contribution < 1.29 is 14.3 Å². The lowest BCUT2D eigenvalue weighted by molar-refractivity contribution is -0.117. The summed E-state index contributed by atoms with van der Waals surface area (Å²) in [6.07, 6.45) is 2.74. The second kappa shape index (κ2) is 5.77. The molecule has 126 valence electrons. The highest BCUT2D eigenvalue weighted by molar-refractivity contribution is 6.30. The van der Waals surface area contributed by atoms with Crippen LogP contribution in [0, 0.1) is 0 Å². The molecule has 1 atom stereocenters. The second-order valence-electron chi connectivity index (χ2n) is 6.06. The van der Waals surface area contributed by atoms with Crippen molar-refractivity contribution in [2.75, 3.05) is 16.9 Å². The van der Waals surface area contributed by atoms with Gasteiger partial charge in [-0.1, -0.05) is 31.2 Å². The molecule has 0 aliphatic carbocycles. The molecule has 2 aliphatic rings. The molecule has 0 radical (unpaired) electrons. The number of amides is 3. The van der Waals surface area contributed by atoms with Crippen LogP contribution in [0.4, 0.5) is 16.2 Å². The molecule has 2 heterocycles. The number of anilines is 2. The molecule has 0 saturated carbocycles. The first-order valence-corrected chi connectivity index (χ1v) is 8.26. The quantitative estimate of drug-likeness (QED) is 0.801. The number of hydrogen-bond acceptors (Lipinski definition) is 3. The van der Waals surface area contributed by atoms with Gasteiger partial charge in [0.25, 0.3) is 5.91 Å². The zero-order chi connectivity index (χ0) is 17.6. The van der Waals surface area contributed by atoms with Crippen LogP contribution in [0.15, 0.2) is 54.1 Å². The number of fused-ring (bicyclic) bond motifs is 3. The second-order valence-corrected chi connectivity index (χ2v) is 6.06. The molecule has 1 fully saturated rings. The normalized spacial score (nSPS) is 18.8. The van der Waals surface area contributed by atoms with Gasteiger partial charge in [0.05, 0.1) is 18.5 Å². The summed E-state index contributed by atoms with van der Waals surface area (Å²) in [4.78, 5) is 29.0. The minimum atomic E-state index is -0.561. The zero-order valence-electron chi connectivity index (χ0n) is 14.1. The van der Waals surface area contributed by atoms with Crippen LogP contribution in [0.5, 0.6) is 5.75 Å². The maximum absolute atomic E-state index is 13.1. The van der Waals surface area contributed by atoms with Gasteiger partial charge in [-0.3, -0.25) is 9.69 Å². The predicted octanol–water partition coefficient (Wildman–Crippen LogP) is 3.84. The summed E-state index contributed by atoms with van der Waals surface area (Å²) in [6, 6.07) is 13.8. The third-order valence-electron chi connectivity index (χ3n) is 4.74. The summed E-state index contributed by atoms with van der Waals surface area (Å²) in [5, 5.41) is 0. The Kier molecular flexibility index (Phi) is 3.57. The lowest BCUT2D eigenvalue weighted by atomic mass is 9.94. The summed E-state index contributed by atoms with van der Waals surface area (Å²) in [6.45, 7) is 2.01. The average molecular weight is 334 g/mol. The van der Waals surface area contributed by atoms with Crippen molar-refractivity contribution in [1.82, 2.24) is 0 Å². The molecule has 5 nitrogen and oxygen atoms in total. The van der Waals surface area contributed by atoms with E-state index in [-0.39, 0.29) is 11.9 Å². The van der Waals surface area contributed by atoms with E-state index < -0.39 is 6.04 Å². The summed E-state index contributed by atoms with van der Waals surface area (Å²) < 4.78 is 5.15. The topological polar surface area (TPSA) is 49.9 Å². The standard InChI is InChI=1S/C20H18N2O3/c1-3-13-12-14-6-4-5-7-17(14)22-18(13)19(23)21(20(22)24)15-8-10-16(25-2)11-9-15/h4-12,18H,3H2,1-2H3. The maximum atomic E-state index is 13.1. The van der Waals surface area contributed by atoms with Gasteiger partial charge in [-0.05, 0) is 47.9 Å². The summed E-state index contributed by atoms with van der Waals surface area (Å²) in [7, 11) is 1.58. The van der Waals surface area contributed by atoms with Gasteiger partial charge < -0.3 is 4.74 Å². The monoisotopic (exact) mass is 334 g/mol. The largest absolute Gasteiger partial charge is 0.497 e. The Morgan fingerprint density at radius 2 is 1.76 bits per heavy atom. The van der Waals surface area contributed by atoms with E-state index in [0.29, 0.717) is 17.9 Å². The molecular weight excluding hydrogens is 316 g/mol. The van der Waals surface area contributed by atoms with E-state index in [2.05, 4.69) is 0 Å². The smallest absolute Gasteiger partial charge is 0.336 e. The van der Waals surface area contributed by atoms with E-state index in [0.717, 1.165) is 16.8 Å². The van der Waals surface area contributed by atoms with Gasteiger partial charge >= 0.3 is 6.03 Å². The van der Waals surface area contributed by atoms with Crippen LogP contribution in [0.1, 0.15) is 18.9 Å². The molecule has 25 heavy (non-hydrogen) atoms. The van der Waals surface area contributed by atoms with Crippen LogP contribution in [0.3, 0.4) is 0 Å². The Balaban J connectivity index is 1.81. The highest BCUT2D eigenvalue weighted by atomic mass is 16.5. The highest BCUT2D eigenvalue weighted by Gasteiger charge is 2.49. The fourth-order valence-electron chi connectivity index (χ4n) is 3.48. The Hall–Kier alpha value is -3.08. The Bertz CT molecular complexity index is 886. The van der Waals surface area contributed by atoms with E-state index >= 15 is 0 Å². The van der Waals surface area contributed by atoms with Gasteiger partial charge in [0.15, 0.2) is 0 Å².